The summed E-state index contributed by atoms with van der Waals surface area (Å²) in [6, 6.07) is 10.1. The van der Waals surface area contributed by atoms with Gasteiger partial charge in [-0.3, -0.25) is 4.79 Å². The quantitative estimate of drug-likeness (QED) is 0.670. The van der Waals surface area contributed by atoms with Gasteiger partial charge in [0, 0.05) is 12.7 Å². The second-order valence-corrected chi connectivity index (χ2v) is 9.94. The molecule has 2 unspecified atom stereocenters. The molecule has 3 aromatic rings. The van der Waals surface area contributed by atoms with E-state index in [2.05, 4.69) is 25.2 Å². The summed E-state index contributed by atoms with van der Waals surface area (Å²) >= 11 is 0. The molecule has 1 aromatic carbocycles. The van der Waals surface area contributed by atoms with E-state index in [0.29, 0.717) is 18.4 Å². The van der Waals surface area contributed by atoms with Crippen LogP contribution in [0.25, 0.3) is 5.69 Å². The molecule has 4 aliphatic rings. The summed E-state index contributed by atoms with van der Waals surface area (Å²) in [5.41, 5.74) is 1.91. The first-order valence-electron chi connectivity index (χ1n) is 11.4. The van der Waals surface area contributed by atoms with Crippen LogP contribution in [0.3, 0.4) is 0 Å². The topological polar surface area (TPSA) is 77.6 Å². The van der Waals surface area contributed by atoms with E-state index >= 15 is 0 Å². The van der Waals surface area contributed by atoms with Crippen molar-refractivity contribution in [3.05, 3.63) is 60.9 Å². The lowest BCUT2D eigenvalue weighted by Crippen LogP contribution is -2.61. The molecule has 1 N–H and O–H groups in total. The van der Waals surface area contributed by atoms with Crippen LogP contribution in [-0.2, 0) is 16.8 Å². The van der Waals surface area contributed by atoms with E-state index < -0.39 is 0 Å². The van der Waals surface area contributed by atoms with E-state index in [1.165, 1.54) is 6.42 Å². The van der Waals surface area contributed by atoms with Crippen LogP contribution in [0.15, 0.2) is 55.4 Å². The highest BCUT2D eigenvalue weighted by molar-refractivity contribution is 5.83. The molecule has 0 saturated heterocycles. The van der Waals surface area contributed by atoms with Crippen LogP contribution in [0, 0.1) is 17.3 Å². The standard InChI is InChI=1S/C24H28N6O/c31-22(26-7-6-18-13-27-29(14-18)21-4-2-1-3-5-21)23-9-19-8-20(10-23)12-24(11-19,15-23)30-17-25-16-28-30/h1-5,13-14,16-17,19-20H,6-12,15H2,(H,26,31)/t19-,20+,23?,24?. The number of hydrogen-bond acceptors (Lipinski definition) is 4. The van der Waals surface area contributed by atoms with Crippen molar-refractivity contribution in [3.63, 3.8) is 0 Å². The fraction of sp³-hybridized carbons (Fsp3) is 0.500. The zero-order chi connectivity index (χ0) is 20.9. The van der Waals surface area contributed by atoms with Crippen LogP contribution < -0.4 is 5.32 Å². The molecule has 4 bridgehead atoms. The van der Waals surface area contributed by atoms with Crippen molar-refractivity contribution in [2.45, 2.75) is 50.5 Å². The highest BCUT2D eigenvalue weighted by atomic mass is 16.2. The van der Waals surface area contributed by atoms with Crippen molar-refractivity contribution in [2.24, 2.45) is 17.3 Å². The van der Waals surface area contributed by atoms with Gasteiger partial charge in [0.05, 0.1) is 22.8 Å². The van der Waals surface area contributed by atoms with Crippen LogP contribution in [0.4, 0.5) is 0 Å². The van der Waals surface area contributed by atoms with Crippen LogP contribution in [0.5, 0.6) is 0 Å². The van der Waals surface area contributed by atoms with Crippen LogP contribution in [0.2, 0.25) is 0 Å². The Bertz CT molecular complexity index is 1060. The molecule has 160 valence electrons. The molecule has 2 heterocycles. The van der Waals surface area contributed by atoms with E-state index in [0.717, 1.165) is 49.8 Å². The SMILES string of the molecule is O=C(NCCc1cnn(-c2ccccc2)c1)C12C[C@H]3C[C@@H](C1)CC(n1cncn1)(C3)C2. The van der Waals surface area contributed by atoms with Gasteiger partial charge in [0.1, 0.15) is 12.7 Å². The van der Waals surface area contributed by atoms with Crippen molar-refractivity contribution in [3.8, 4) is 5.69 Å². The minimum atomic E-state index is -0.246. The molecule has 4 atom stereocenters. The fourth-order valence-electron chi connectivity index (χ4n) is 6.92. The zero-order valence-electron chi connectivity index (χ0n) is 17.7. The predicted molar refractivity (Wildman–Crippen MR) is 115 cm³/mol. The number of carbonyl (C=O) groups excluding carboxylic acids is 1. The van der Waals surface area contributed by atoms with Gasteiger partial charge in [0.25, 0.3) is 0 Å². The minimum Gasteiger partial charge on any atom is -0.355 e. The number of para-hydroxylation sites is 1. The van der Waals surface area contributed by atoms with E-state index in [4.69, 9.17) is 0 Å². The van der Waals surface area contributed by atoms with E-state index in [1.54, 1.807) is 6.33 Å². The molecule has 2 aromatic heterocycles. The number of benzene rings is 1. The van der Waals surface area contributed by atoms with Gasteiger partial charge in [-0.15, -0.1) is 0 Å². The van der Waals surface area contributed by atoms with E-state index in [-0.39, 0.29) is 16.9 Å². The number of amides is 1. The lowest BCUT2D eigenvalue weighted by molar-refractivity contribution is -0.156. The molecule has 7 heteroatoms. The van der Waals surface area contributed by atoms with Gasteiger partial charge < -0.3 is 5.32 Å². The number of carbonyl (C=O) groups is 1. The third-order valence-electron chi connectivity index (χ3n) is 7.77. The number of hydrogen-bond donors (Lipinski definition) is 1. The van der Waals surface area contributed by atoms with Crippen molar-refractivity contribution < 1.29 is 4.79 Å². The Morgan fingerprint density at radius 1 is 1.10 bits per heavy atom. The predicted octanol–water partition coefficient (Wildman–Crippen LogP) is 3.12. The monoisotopic (exact) mass is 416 g/mol. The Morgan fingerprint density at radius 3 is 2.65 bits per heavy atom. The second kappa shape index (κ2) is 7.04. The van der Waals surface area contributed by atoms with E-state index in [9.17, 15) is 4.79 Å². The molecule has 4 aliphatic carbocycles. The highest BCUT2D eigenvalue weighted by Crippen LogP contribution is 2.64. The van der Waals surface area contributed by atoms with Crippen molar-refractivity contribution in [1.29, 1.82) is 0 Å². The first kappa shape index (κ1) is 18.8. The smallest absolute Gasteiger partial charge is 0.226 e. The highest BCUT2D eigenvalue weighted by Gasteiger charge is 2.61. The molecule has 4 fully saturated rings. The second-order valence-electron chi connectivity index (χ2n) is 9.94. The van der Waals surface area contributed by atoms with Crippen LogP contribution in [-0.4, -0.2) is 37.0 Å². The molecule has 7 nitrogen and oxygen atoms in total. The van der Waals surface area contributed by atoms with E-state index in [1.807, 2.05) is 53.7 Å². The molecular weight excluding hydrogens is 388 g/mol. The fourth-order valence-corrected chi connectivity index (χ4v) is 6.92. The zero-order valence-corrected chi connectivity index (χ0v) is 17.7. The summed E-state index contributed by atoms with van der Waals surface area (Å²) in [7, 11) is 0. The van der Waals surface area contributed by atoms with Gasteiger partial charge in [-0.1, -0.05) is 18.2 Å². The van der Waals surface area contributed by atoms with Gasteiger partial charge in [-0.05, 0) is 74.5 Å². The van der Waals surface area contributed by atoms with Gasteiger partial charge in [-0.2, -0.15) is 10.2 Å². The molecule has 7 rings (SSSR count). The average molecular weight is 417 g/mol. The summed E-state index contributed by atoms with van der Waals surface area (Å²) < 4.78 is 3.95. The minimum absolute atomic E-state index is 0.0191. The number of nitrogens with zero attached hydrogens (tertiary/aromatic N) is 5. The third-order valence-corrected chi connectivity index (χ3v) is 7.77. The maximum atomic E-state index is 13.4. The Morgan fingerprint density at radius 2 is 1.90 bits per heavy atom. The third kappa shape index (κ3) is 3.18. The van der Waals surface area contributed by atoms with Crippen molar-refractivity contribution in [2.75, 3.05) is 6.54 Å². The summed E-state index contributed by atoms with van der Waals surface area (Å²) in [6.45, 7) is 0.646. The Hall–Kier alpha value is -2.96. The number of aromatic nitrogens is 5. The van der Waals surface area contributed by atoms with Crippen LogP contribution >= 0.6 is 0 Å². The lowest BCUT2D eigenvalue weighted by Gasteiger charge is -2.60. The average Bonchev–Trinajstić information content (AvgIpc) is 3.46. The summed E-state index contributed by atoms with van der Waals surface area (Å²) in [4.78, 5) is 17.6. The maximum Gasteiger partial charge on any atom is 0.226 e. The number of rotatable bonds is 6. The molecule has 0 aliphatic heterocycles. The summed E-state index contributed by atoms with van der Waals surface area (Å²) in [5.74, 6) is 1.49. The number of nitrogens with one attached hydrogen (secondary N) is 1. The molecule has 0 spiro atoms. The Balaban J connectivity index is 1.13. The largest absolute Gasteiger partial charge is 0.355 e. The first-order chi connectivity index (χ1) is 15.1. The Kier molecular flexibility index (Phi) is 4.26. The van der Waals surface area contributed by atoms with Gasteiger partial charge in [0.2, 0.25) is 5.91 Å². The molecule has 1 amide bonds. The molecular formula is C24H28N6O. The lowest BCUT2D eigenvalue weighted by atomic mass is 9.46. The maximum absolute atomic E-state index is 13.4. The molecule has 0 radical (unpaired) electrons. The summed E-state index contributed by atoms with van der Waals surface area (Å²) in [5, 5.41) is 12.2. The van der Waals surface area contributed by atoms with Gasteiger partial charge in [0.15, 0.2) is 0 Å². The van der Waals surface area contributed by atoms with Crippen LogP contribution in [0.1, 0.15) is 44.1 Å². The summed E-state index contributed by atoms with van der Waals surface area (Å²) in [6.07, 6.45) is 14.7. The van der Waals surface area contributed by atoms with Gasteiger partial charge in [-0.25, -0.2) is 14.3 Å². The van der Waals surface area contributed by atoms with Crippen molar-refractivity contribution in [1.82, 2.24) is 29.9 Å². The Labute approximate surface area is 181 Å². The first-order valence-corrected chi connectivity index (χ1v) is 11.4. The van der Waals surface area contributed by atoms with Crippen molar-refractivity contribution >= 4 is 5.91 Å². The molecule has 31 heavy (non-hydrogen) atoms. The molecule has 4 saturated carbocycles. The van der Waals surface area contributed by atoms with Gasteiger partial charge >= 0.3 is 0 Å². The normalized spacial score (nSPS) is 31.1.